The maximum Gasteiger partial charge on any atom is 0.187 e. The maximum absolute atomic E-state index is 6.36. The highest BCUT2D eigenvalue weighted by molar-refractivity contribution is 6.71. The molecule has 0 radical (unpaired) electrons. The molecule has 2 atom stereocenters. The van der Waals surface area contributed by atoms with Gasteiger partial charge in [-0.3, -0.25) is 0 Å². The second kappa shape index (κ2) is 3.19. The van der Waals surface area contributed by atoms with E-state index < -0.39 is 8.32 Å². The number of hydrogen-bond donors (Lipinski definition) is 0. The molecule has 0 unspecified atom stereocenters. The van der Waals surface area contributed by atoms with E-state index in [0.717, 1.165) is 5.92 Å². The van der Waals surface area contributed by atoms with Crippen LogP contribution in [0, 0.1) is 5.92 Å². The molecular weight excluding hydrogens is 200 g/mol. The second-order valence-corrected chi connectivity index (χ2v) is 9.75. The molecule has 2 aliphatic rings. The standard InChI is InChI=1S/C13H18OSi/c1-15(2)8-7-11-9-10-5-3-4-6-12(10)13(11)14-15/h3-6,11,13H,7-9H2,1-2H3/t11-,13+/m1/s1. The van der Waals surface area contributed by atoms with E-state index in [0.29, 0.717) is 6.10 Å². The van der Waals surface area contributed by atoms with Gasteiger partial charge in [-0.2, -0.15) is 0 Å². The van der Waals surface area contributed by atoms with Gasteiger partial charge in [0.1, 0.15) is 0 Å². The molecule has 0 bridgehead atoms. The lowest BCUT2D eigenvalue weighted by Crippen LogP contribution is -2.38. The van der Waals surface area contributed by atoms with Crippen LogP contribution in [0.4, 0.5) is 0 Å². The van der Waals surface area contributed by atoms with Crippen LogP contribution in [0.5, 0.6) is 0 Å². The van der Waals surface area contributed by atoms with E-state index in [1.54, 1.807) is 0 Å². The Bertz CT molecular complexity index is 386. The van der Waals surface area contributed by atoms with E-state index in [9.17, 15) is 0 Å². The third-order valence-electron chi connectivity index (χ3n) is 3.84. The van der Waals surface area contributed by atoms with E-state index in [2.05, 4.69) is 37.4 Å². The minimum Gasteiger partial charge on any atom is -0.410 e. The van der Waals surface area contributed by atoms with Gasteiger partial charge < -0.3 is 4.43 Å². The molecule has 3 rings (SSSR count). The van der Waals surface area contributed by atoms with Crippen molar-refractivity contribution in [3.8, 4) is 0 Å². The van der Waals surface area contributed by atoms with Gasteiger partial charge in [-0.25, -0.2) is 0 Å². The fourth-order valence-electron chi connectivity index (χ4n) is 2.99. The van der Waals surface area contributed by atoms with Crippen LogP contribution in [-0.4, -0.2) is 8.32 Å². The van der Waals surface area contributed by atoms with E-state index in [1.165, 1.54) is 30.0 Å². The molecule has 1 aromatic carbocycles. The van der Waals surface area contributed by atoms with E-state index in [4.69, 9.17) is 4.43 Å². The van der Waals surface area contributed by atoms with Crippen molar-refractivity contribution in [3.63, 3.8) is 0 Å². The first kappa shape index (κ1) is 9.61. The predicted octanol–water partition coefficient (Wildman–Crippen LogP) is 3.53. The molecular formula is C13H18OSi. The molecule has 1 aliphatic heterocycles. The Hall–Kier alpha value is -0.603. The predicted molar refractivity (Wildman–Crippen MR) is 64.4 cm³/mol. The lowest BCUT2D eigenvalue weighted by atomic mass is 10.0. The maximum atomic E-state index is 6.36. The highest BCUT2D eigenvalue weighted by Gasteiger charge is 2.42. The van der Waals surface area contributed by atoms with Gasteiger partial charge in [0.25, 0.3) is 0 Å². The van der Waals surface area contributed by atoms with Crippen molar-refractivity contribution in [2.75, 3.05) is 0 Å². The summed E-state index contributed by atoms with van der Waals surface area (Å²) in [5, 5.41) is 0. The van der Waals surface area contributed by atoms with Crippen molar-refractivity contribution in [1.82, 2.24) is 0 Å². The summed E-state index contributed by atoms with van der Waals surface area (Å²) in [6, 6.07) is 10.2. The Morgan fingerprint density at radius 2 is 2.07 bits per heavy atom. The molecule has 0 N–H and O–H groups in total. The highest BCUT2D eigenvalue weighted by atomic mass is 28.4. The van der Waals surface area contributed by atoms with Gasteiger partial charge in [-0.05, 0) is 49.0 Å². The van der Waals surface area contributed by atoms with Crippen LogP contribution in [-0.2, 0) is 10.8 Å². The quantitative estimate of drug-likeness (QED) is 0.605. The monoisotopic (exact) mass is 218 g/mol. The molecule has 0 saturated carbocycles. The summed E-state index contributed by atoms with van der Waals surface area (Å²) in [7, 11) is -1.34. The summed E-state index contributed by atoms with van der Waals surface area (Å²) >= 11 is 0. The minimum atomic E-state index is -1.34. The molecule has 1 aromatic rings. The highest BCUT2D eigenvalue weighted by Crippen LogP contribution is 2.47. The third-order valence-corrected chi connectivity index (χ3v) is 6.22. The lowest BCUT2D eigenvalue weighted by Gasteiger charge is -2.37. The molecule has 0 amide bonds. The first-order valence-electron chi connectivity index (χ1n) is 5.91. The number of hydrogen-bond acceptors (Lipinski definition) is 1. The van der Waals surface area contributed by atoms with Crippen molar-refractivity contribution in [2.45, 2.75) is 38.1 Å². The first-order chi connectivity index (χ1) is 7.16. The Morgan fingerprint density at radius 3 is 2.93 bits per heavy atom. The van der Waals surface area contributed by atoms with Gasteiger partial charge in [-0.1, -0.05) is 24.3 Å². The molecule has 0 aromatic heterocycles. The van der Waals surface area contributed by atoms with Gasteiger partial charge in [0.2, 0.25) is 0 Å². The Morgan fingerprint density at radius 1 is 1.27 bits per heavy atom. The van der Waals surface area contributed by atoms with Crippen molar-refractivity contribution < 1.29 is 4.43 Å². The van der Waals surface area contributed by atoms with Gasteiger partial charge in [0.15, 0.2) is 8.32 Å². The summed E-state index contributed by atoms with van der Waals surface area (Å²) in [5.74, 6) is 0.767. The van der Waals surface area contributed by atoms with Crippen LogP contribution >= 0.6 is 0 Å². The van der Waals surface area contributed by atoms with E-state index >= 15 is 0 Å². The smallest absolute Gasteiger partial charge is 0.187 e. The largest absolute Gasteiger partial charge is 0.410 e. The molecule has 1 nitrogen and oxygen atoms in total. The van der Waals surface area contributed by atoms with Gasteiger partial charge in [0, 0.05) is 0 Å². The molecule has 80 valence electrons. The van der Waals surface area contributed by atoms with Crippen LogP contribution in [0.15, 0.2) is 24.3 Å². The van der Waals surface area contributed by atoms with E-state index in [1.807, 2.05) is 0 Å². The summed E-state index contributed by atoms with van der Waals surface area (Å²) in [6.07, 6.45) is 3.04. The van der Waals surface area contributed by atoms with Crippen molar-refractivity contribution in [3.05, 3.63) is 35.4 Å². The van der Waals surface area contributed by atoms with Crippen molar-refractivity contribution in [2.24, 2.45) is 5.92 Å². The number of fused-ring (bicyclic) bond motifs is 3. The zero-order valence-corrected chi connectivity index (χ0v) is 10.5. The average molecular weight is 218 g/mol. The van der Waals surface area contributed by atoms with Crippen LogP contribution < -0.4 is 0 Å². The fourth-order valence-corrected chi connectivity index (χ4v) is 5.18. The van der Waals surface area contributed by atoms with Crippen LogP contribution in [0.25, 0.3) is 0 Å². The molecule has 1 aliphatic carbocycles. The van der Waals surface area contributed by atoms with Crippen molar-refractivity contribution in [1.29, 1.82) is 0 Å². The van der Waals surface area contributed by atoms with Crippen LogP contribution in [0.3, 0.4) is 0 Å². The SMILES string of the molecule is C[Si]1(C)CC[C@@H]2Cc3ccccc3[C@H]2O1. The minimum absolute atomic E-state index is 0.427. The summed E-state index contributed by atoms with van der Waals surface area (Å²) in [4.78, 5) is 0. The van der Waals surface area contributed by atoms with E-state index in [-0.39, 0.29) is 0 Å². The van der Waals surface area contributed by atoms with Crippen molar-refractivity contribution >= 4 is 8.32 Å². The first-order valence-corrected chi connectivity index (χ1v) is 9.03. The molecule has 0 spiro atoms. The fraction of sp³-hybridized carbons (Fsp3) is 0.538. The van der Waals surface area contributed by atoms with Crippen LogP contribution in [0.1, 0.15) is 23.7 Å². The number of benzene rings is 1. The third kappa shape index (κ3) is 1.56. The molecule has 1 heterocycles. The average Bonchev–Trinajstić information content (AvgIpc) is 2.55. The second-order valence-electron chi connectivity index (χ2n) is 5.50. The van der Waals surface area contributed by atoms with Gasteiger partial charge >= 0.3 is 0 Å². The zero-order chi connectivity index (χ0) is 10.5. The zero-order valence-electron chi connectivity index (χ0n) is 9.49. The number of rotatable bonds is 0. The Kier molecular flexibility index (Phi) is 2.05. The lowest BCUT2D eigenvalue weighted by molar-refractivity contribution is 0.115. The normalized spacial score (nSPS) is 32.1. The summed E-state index contributed by atoms with van der Waals surface area (Å²) in [6.45, 7) is 4.70. The molecule has 1 fully saturated rings. The van der Waals surface area contributed by atoms with Gasteiger partial charge in [-0.15, -0.1) is 0 Å². The topological polar surface area (TPSA) is 9.23 Å². The molecule has 1 saturated heterocycles. The van der Waals surface area contributed by atoms with Gasteiger partial charge in [0.05, 0.1) is 6.10 Å². The Labute approximate surface area is 92.6 Å². The van der Waals surface area contributed by atoms with Crippen LogP contribution in [0.2, 0.25) is 19.1 Å². The molecule has 15 heavy (non-hydrogen) atoms. The summed E-state index contributed by atoms with van der Waals surface area (Å²) in [5.41, 5.74) is 3.00. The molecule has 2 heteroatoms. The Balaban J connectivity index is 1.96. The summed E-state index contributed by atoms with van der Waals surface area (Å²) < 4.78 is 6.36.